The van der Waals surface area contributed by atoms with Gasteiger partial charge in [0.05, 0.1) is 6.20 Å². The van der Waals surface area contributed by atoms with E-state index in [1.165, 1.54) is 0 Å². The van der Waals surface area contributed by atoms with Crippen molar-refractivity contribution in [3.05, 3.63) is 24.5 Å². The second-order valence-corrected chi connectivity index (χ2v) is 2.74. The number of hydrogen-bond acceptors (Lipinski definition) is 3. The van der Waals surface area contributed by atoms with Gasteiger partial charge >= 0.3 is 0 Å². The molecule has 1 heterocycles. The Morgan fingerprint density at radius 1 is 1.64 bits per heavy atom. The van der Waals surface area contributed by atoms with Crippen LogP contribution in [0.15, 0.2) is 24.5 Å². The molecule has 1 fully saturated rings. The lowest BCUT2D eigenvalue weighted by molar-refractivity contribution is 0.295. The summed E-state index contributed by atoms with van der Waals surface area (Å²) in [5.41, 5.74) is 5.57. The van der Waals surface area contributed by atoms with E-state index in [1.54, 1.807) is 12.4 Å². The highest BCUT2D eigenvalue weighted by Crippen LogP contribution is 2.24. The molecule has 2 rings (SSSR count). The van der Waals surface area contributed by atoms with Crippen molar-refractivity contribution in [2.24, 2.45) is 5.73 Å². The highest BCUT2D eigenvalue weighted by Gasteiger charge is 2.35. The zero-order valence-corrected chi connectivity index (χ0v) is 6.10. The highest BCUT2D eigenvalue weighted by molar-refractivity contribution is 5.17. The standard InChI is InChI=1S/C8H10N2O/c9-7-4-8(7)11-6-2-1-3-10-5-6/h1-3,5,7-8H,4,9H2/t7-,8-/m1/s1. The summed E-state index contributed by atoms with van der Waals surface area (Å²) in [5, 5.41) is 0. The van der Waals surface area contributed by atoms with Crippen molar-refractivity contribution in [3.8, 4) is 5.75 Å². The first kappa shape index (κ1) is 6.61. The highest BCUT2D eigenvalue weighted by atomic mass is 16.5. The van der Waals surface area contributed by atoms with Crippen LogP contribution in [0.1, 0.15) is 6.42 Å². The summed E-state index contributed by atoms with van der Waals surface area (Å²) in [7, 11) is 0. The molecule has 1 aromatic heterocycles. The van der Waals surface area contributed by atoms with Gasteiger partial charge in [-0.05, 0) is 12.1 Å². The van der Waals surface area contributed by atoms with Crippen LogP contribution in [0.3, 0.4) is 0 Å². The second kappa shape index (κ2) is 2.51. The van der Waals surface area contributed by atoms with Gasteiger partial charge in [0.15, 0.2) is 0 Å². The van der Waals surface area contributed by atoms with Crippen molar-refractivity contribution in [2.75, 3.05) is 0 Å². The molecule has 0 spiro atoms. The van der Waals surface area contributed by atoms with Gasteiger partial charge in [-0.3, -0.25) is 4.98 Å². The Bertz CT molecular complexity index is 237. The molecular weight excluding hydrogens is 140 g/mol. The summed E-state index contributed by atoms with van der Waals surface area (Å²) in [6.45, 7) is 0. The fraction of sp³-hybridized carbons (Fsp3) is 0.375. The maximum absolute atomic E-state index is 5.57. The normalized spacial score (nSPS) is 28.1. The third-order valence-corrected chi connectivity index (χ3v) is 1.70. The number of nitrogens with two attached hydrogens (primary N) is 1. The van der Waals surface area contributed by atoms with Crippen molar-refractivity contribution in [1.82, 2.24) is 4.98 Å². The molecule has 3 nitrogen and oxygen atoms in total. The predicted octanol–water partition coefficient (Wildman–Crippen LogP) is 0.560. The average molecular weight is 150 g/mol. The van der Waals surface area contributed by atoms with Crippen molar-refractivity contribution >= 4 is 0 Å². The minimum atomic E-state index is 0.221. The van der Waals surface area contributed by atoms with E-state index in [4.69, 9.17) is 10.5 Å². The molecule has 1 aromatic rings. The Morgan fingerprint density at radius 2 is 2.45 bits per heavy atom. The van der Waals surface area contributed by atoms with E-state index in [2.05, 4.69) is 4.98 Å². The molecule has 0 amide bonds. The molecule has 0 unspecified atom stereocenters. The van der Waals surface area contributed by atoms with Crippen LogP contribution < -0.4 is 10.5 Å². The van der Waals surface area contributed by atoms with Gasteiger partial charge in [-0.15, -0.1) is 0 Å². The molecule has 2 N–H and O–H groups in total. The molecule has 11 heavy (non-hydrogen) atoms. The van der Waals surface area contributed by atoms with Gasteiger partial charge in [-0.2, -0.15) is 0 Å². The number of ether oxygens (including phenoxy) is 1. The van der Waals surface area contributed by atoms with Gasteiger partial charge in [-0.25, -0.2) is 0 Å². The topological polar surface area (TPSA) is 48.1 Å². The maximum Gasteiger partial charge on any atom is 0.138 e. The van der Waals surface area contributed by atoms with Crippen LogP contribution in [0.2, 0.25) is 0 Å². The summed E-state index contributed by atoms with van der Waals surface area (Å²) in [5.74, 6) is 0.811. The lowest BCUT2D eigenvalue weighted by atomic mass is 10.5. The van der Waals surface area contributed by atoms with Crippen molar-refractivity contribution < 1.29 is 4.74 Å². The van der Waals surface area contributed by atoms with E-state index in [1.807, 2.05) is 12.1 Å². The predicted molar refractivity (Wildman–Crippen MR) is 41.2 cm³/mol. The van der Waals surface area contributed by atoms with Gasteiger partial charge < -0.3 is 10.5 Å². The van der Waals surface area contributed by atoms with Gasteiger partial charge in [0.1, 0.15) is 11.9 Å². The van der Waals surface area contributed by atoms with E-state index in [-0.39, 0.29) is 12.1 Å². The second-order valence-electron chi connectivity index (χ2n) is 2.74. The Morgan fingerprint density at radius 3 is 3.00 bits per heavy atom. The Balaban J connectivity index is 1.97. The third-order valence-electron chi connectivity index (χ3n) is 1.70. The first-order valence-corrected chi connectivity index (χ1v) is 3.68. The molecular formula is C8H10N2O. The molecule has 1 saturated carbocycles. The number of nitrogens with zero attached hydrogens (tertiary/aromatic N) is 1. The van der Waals surface area contributed by atoms with Crippen LogP contribution in [0.4, 0.5) is 0 Å². The monoisotopic (exact) mass is 150 g/mol. The SMILES string of the molecule is N[C@@H]1C[C@H]1Oc1cccnc1. The Kier molecular flexibility index (Phi) is 1.51. The summed E-state index contributed by atoms with van der Waals surface area (Å²) in [6.07, 6.45) is 4.61. The number of pyridine rings is 1. The molecule has 0 aliphatic heterocycles. The first-order chi connectivity index (χ1) is 5.36. The molecule has 1 aliphatic rings. The first-order valence-electron chi connectivity index (χ1n) is 3.68. The molecule has 58 valence electrons. The van der Waals surface area contributed by atoms with Crippen LogP contribution in [0, 0.1) is 0 Å². The smallest absolute Gasteiger partial charge is 0.138 e. The largest absolute Gasteiger partial charge is 0.487 e. The Labute approximate surface area is 65.2 Å². The summed E-state index contributed by atoms with van der Waals surface area (Å²) in [6, 6.07) is 3.97. The van der Waals surface area contributed by atoms with Gasteiger partial charge in [-0.1, -0.05) is 0 Å². The van der Waals surface area contributed by atoms with Gasteiger partial charge in [0.25, 0.3) is 0 Å². The van der Waals surface area contributed by atoms with Crippen LogP contribution in [0.25, 0.3) is 0 Å². The van der Waals surface area contributed by atoms with E-state index < -0.39 is 0 Å². The quantitative estimate of drug-likeness (QED) is 0.670. The van der Waals surface area contributed by atoms with E-state index >= 15 is 0 Å². The average Bonchev–Trinajstić information content (AvgIpc) is 2.69. The van der Waals surface area contributed by atoms with E-state index in [0.29, 0.717) is 0 Å². The van der Waals surface area contributed by atoms with Crippen LogP contribution in [-0.4, -0.2) is 17.1 Å². The fourth-order valence-electron chi connectivity index (χ4n) is 0.917. The summed E-state index contributed by atoms with van der Waals surface area (Å²) < 4.78 is 5.45. The fourth-order valence-corrected chi connectivity index (χ4v) is 0.917. The molecule has 0 aromatic carbocycles. The van der Waals surface area contributed by atoms with E-state index in [0.717, 1.165) is 12.2 Å². The van der Waals surface area contributed by atoms with E-state index in [9.17, 15) is 0 Å². The lowest BCUT2D eigenvalue weighted by Gasteiger charge is -2.01. The van der Waals surface area contributed by atoms with Crippen molar-refractivity contribution in [3.63, 3.8) is 0 Å². The van der Waals surface area contributed by atoms with Crippen LogP contribution in [-0.2, 0) is 0 Å². The van der Waals surface area contributed by atoms with Crippen molar-refractivity contribution in [1.29, 1.82) is 0 Å². The molecule has 2 atom stereocenters. The van der Waals surface area contributed by atoms with Crippen LogP contribution in [0.5, 0.6) is 5.75 Å². The maximum atomic E-state index is 5.57. The minimum absolute atomic E-state index is 0.221. The Hall–Kier alpha value is -1.09. The summed E-state index contributed by atoms with van der Waals surface area (Å²) in [4.78, 5) is 3.92. The zero-order valence-electron chi connectivity index (χ0n) is 6.10. The zero-order chi connectivity index (χ0) is 7.68. The van der Waals surface area contributed by atoms with Crippen molar-refractivity contribution in [2.45, 2.75) is 18.6 Å². The molecule has 0 bridgehead atoms. The van der Waals surface area contributed by atoms with Crippen LogP contribution >= 0.6 is 0 Å². The molecule has 1 aliphatic carbocycles. The lowest BCUT2D eigenvalue weighted by Crippen LogP contribution is -2.10. The number of rotatable bonds is 2. The number of aromatic nitrogens is 1. The minimum Gasteiger partial charge on any atom is -0.487 e. The van der Waals surface area contributed by atoms with Gasteiger partial charge in [0.2, 0.25) is 0 Å². The summed E-state index contributed by atoms with van der Waals surface area (Å²) >= 11 is 0. The third kappa shape index (κ3) is 1.49. The van der Waals surface area contributed by atoms with Gasteiger partial charge in [0, 0.05) is 18.7 Å². The molecule has 0 saturated heterocycles. The molecule has 0 radical (unpaired) electrons. The molecule has 3 heteroatoms. The number of hydrogen-bond donors (Lipinski definition) is 1.